The van der Waals surface area contributed by atoms with Crippen molar-refractivity contribution in [3.05, 3.63) is 58.6 Å². The van der Waals surface area contributed by atoms with E-state index < -0.39 is 10.0 Å². The highest BCUT2D eigenvalue weighted by molar-refractivity contribution is 7.89. The molecule has 0 bridgehead atoms. The highest BCUT2D eigenvalue weighted by Gasteiger charge is 2.33. The van der Waals surface area contributed by atoms with Gasteiger partial charge in [-0.15, -0.1) is 10.2 Å². The Morgan fingerprint density at radius 2 is 1.87 bits per heavy atom. The summed E-state index contributed by atoms with van der Waals surface area (Å²) in [6.07, 6.45) is 1.72. The predicted octanol–water partition coefficient (Wildman–Crippen LogP) is 4.40. The molecule has 1 aromatic heterocycles. The van der Waals surface area contributed by atoms with Crippen molar-refractivity contribution in [1.82, 2.24) is 14.5 Å². The van der Waals surface area contributed by atoms with Crippen LogP contribution in [0.15, 0.2) is 47.4 Å². The Morgan fingerprint density at radius 3 is 2.57 bits per heavy atom. The van der Waals surface area contributed by atoms with Crippen molar-refractivity contribution < 1.29 is 13.2 Å². The van der Waals surface area contributed by atoms with E-state index >= 15 is 0 Å². The van der Waals surface area contributed by atoms with Crippen LogP contribution in [0.4, 0.5) is 0 Å². The van der Waals surface area contributed by atoms with E-state index in [9.17, 15) is 8.42 Å². The molecule has 2 aromatic carbocycles. The number of hydrogen-bond donors (Lipinski definition) is 0. The number of rotatable bonds is 5. The molecular formula is C22H25N3O3S2. The van der Waals surface area contributed by atoms with Crippen LogP contribution in [0.1, 0.15) is 34.9 Å². The van der Waals surface area contributed by atoms with Crippen molar-refractivity contribution in [2.45, 2.75) is 37.5 Å². The van der Waals surface area contributed by atoms with E-state index in [0.717, 1.165) is 45.3 Å². The van der Waals surface area contributed by atoms with Crippen LogP contribution in [-0.2, 0) is 10.0 Å². The first-order valence-electron chi connectivity index (χ1n) is 9.93. The van der Waals surface area contributed by atoms with Crippen molar-refractivity contribution in [2.24, 2.45) is 0 Å². The molecule has 0 spiro atoms. The highest BCUT2D eigenvalue weighted by atomic mass is 32.2. The van der Waals surface area contributed by atoms with Crippen molar-refractivity contribution in [3.8, 4) is 16.3 Å². The standard InChI is InChI=1S/C22H25N3O3S2/c1-15-6-11-20(16(2)13-15)30(26,27)25-12-4-5-18(14-25)22-24-23-21(29-22)17-7-9-19(28-3)10-8-17/h6-11,13,18H,4-5,12,14H2,1-3H3. The fraction of sp³-hybridized carbons (Fsp3) is 0.364. The minimum absolute atomic E-state index is 0.0591. The first-order valence-corrected chi connectivity index (χ1v) is 12.2. The van der Waals surface area contributed by atoms with Crippen LogP contribution in [-0.4, -0.2) is 43.1 Å². The SMILES string of the molecule is COc1ccc(-c2nnc(C3CCCN(S(=O)(=O)c4ccc(C)cc4C)C3)s2)cc1. The lowest BCUT2D eigenvalue weighted by Gasteiger charge is -2.31. The monoisotopic (exact) mass is 443 g/mol. The van der Waals surface area contributed by atoms with Gasteiger partial charge in [-0.2, -0.15) is 4.31 Å². The van der Waals surface area contributed by atoms with Crippen LogP contribution in [0.3, 0.4) is 0 Å². The van der Waals surface area contributed by atoms with E-state index in [1.165, 1.54) is 11.3 Å². The van der Waals surface area contributed by atoms with Gasteiger partial charge in [0, 0.05) is 24.6 Å². The number of aryl methyl sites for hydroxylation is 2. The molecule has 3 aromatic rings. The van der Waals surface area contributed by atoms with Crippen molar-refractivity contribution in [2.75, 3.05) is 20.2 Å². The molecule has 2 heterocycles. The molecule has 0 aliphatic carbocycles. The van der Waals surface area contributed by atoms with Gasteiger partial charge in [-0.25, -0.2) is 8.42 Å². The van der Waals surface area contributed by atoms with E-state index in [1.807, 2.05) is 50.2 Å². The van der Waals surface area contributed by atoms with Crippen LogP contribution in [0.2, 0.25) is 0 Å². The van der Waals surface area contributed by atoms with Gasteiger partial charge >= 0.3 is 0 Å². The summed E-state index contributed by atoms with van der Waals surface area (Å²) < 4.78 is 33.3. The fourth-order valence-electron chi connectivity index (χ4n) is 3.84. The lowest BCUT2D eigenvalue weighted by atomic mass is 10.0. The molecule has 0 amide bonds. The molecule has 158 valence electrons. The molecule has 6 nitrogen and oxygen atoms in total. The van der Waals surface area contributed by atoms with E-state index in [4.69, 9.17) is 4.74 Å². The minimum atomic E-state index is -3.53. The number of benzene rings is 2. The van der Waals surface area contributed by atoms with Crippen LogP contribution in [0.25, 0.3) is 10.6 Å². The van der Waals surface area contributed by atoms with Gasteiger partial charge in [0.05, 0.1) is 12.0 Å². The van der Waals surface area contributed by atoms with Gasteiger partial charge in [-0.3, -0.25) is 0 Å². The Kier molecular flexibility index (Phi) is 5.90. The van der Waals surface area contributed by atoms with Crippen molar-refractivity contribution in [1.29, 1.82) is 0 Å². The molecule has 1 aliphatic heterocycles. The summed E-state index contributed by atoms with van der Waals surface area (Å²) in [7, 11) is -1.89. The zero-order valence-electron chi connectivity index (χ0n) is 17.3. The van der Waals surface area contributed by atoms with Crippen molar-refractivity contribution >= 4 is 21.4 Å². The maximum Gasteiger partial charge on any atom is 0.243 e. The Balaban J connectivity index is 1.55. The van der Waals surface area contributed by atoms with Gasteiger partial charge in [0.2, 0.25) is 10.0 Å². The molecule has 1 saturated heterocycles. The number of methoxy groups -OCH3 is 1. The molecular weight excluding hydrogens is 418 g/mol. The van der Waals surface area contributed by atoms with Gasteiger partial charge < -0.3 is 4.74 Å². The number of aromatic nitrogens is 2. The van der Waals surface area contributed by atoms with E-state index in [0.29, 0.717) is 18.0 Å². The molecule has 1 fully saturated rings. The van der Waals surface area contributed by atoms with Crippen LogP contribution >= 0.6 is 11.3 Å². The first kappa shape index (κ1) is 21.0. The van der Waals surface area contributed by atoms with Crippen LogP contribution in [0.5, 0.6) is 5.75 Å². The zero-order chi connectivity index (χ0) is 21.3. The van der Waals surface area contributed by atoms with Gasteiger partial charge in [0.25, 0.3) is 0 Å². The number of piperidine rings is 1. The third kappa shape index (κ3) is 4.12. The maximum atomic E-state index is 13.3. The molecule has 8 heteroatoms. The van der Waals surface area contributed by atoms with Gasteiger partial charge in [0.1, 0.15) is 15.8 Å². The lowest BCUT2D eigenvalue weighted by molar-refractivity contribution is 0.314. The maximum absolute atomic E-state index is 13.3. The van der Waals surface area contributed by atoms with Gasteiger partial charge in [-0.1, -0.05) is 29.0 Å². The molecule has 0 N–H and O–H groups in total. The third-order valence-corrected chi connectivity index (χ3v) is 8.62. The smallest absolute Gasteiger partial charge is 0.243 e. The van der Waals surface area contributed by atoms with Gasteiger partial charge in [-0.05, 0) is 62.6 Å². The van der Waals surface area contributed by atoms with Crippen molar-refractivity contribution in [3.63, 3.8) is 0 Å². The Hall–Kier alpha value is -2.29. The molecule has 1 unspecified atom stereocenters. The van der Waals surface area contributed by atoms with E-state index in [1.54, 1.807) is 17.5 Å². The average Bonchev–Trinajstić information content (AvgIpc) is 3.24. The molecule has 0 radical (unpaired) electrons. The molecule has 30 heavy (non-hydrogen) atoms. The number of sulfonamides is 1. The second kappa shape index (κ2) is 8.45. The fourth-order valence-corrected chi connectivity index (χ4v) is 6.54. The first-order chi connectivity index (χ1) is 14.4. The molecule has 0 saturated carbocycles. The number of ether oxygens (including phenoxy) is 1. The lowest BCUT2D eigenvalue weighted by Crippen LogP contribution is -2.39. The minimum Gasteiger partial charge on any atom is -0.497 e. The molecule has 1 aliphatic rings. The summed E-state index contributed by atoms with van der Waals surface area (Å²) in [5, 5.41) is 10.5. The quantitative estimate of drug-likeness (QED) is 0.584. The highest BCUT2D eigenvalue weighted by Crippen LogP contribution is 2.35. The summed E-state index contributed by atoms with van der Waals surface area (Å²) in [5.74, 6) is 0.854. The predicted molar refractivity (Wildman–Crippen MR) is 119 cm³/mol. The summed E-state index contributed by atoms with van der Waals surface area (Å²) in [4.78, 5) is 0.393. The summed E-state index contributed by atoms with van der Waals surface area (Å²) in [6.45, 7) is 4.80. The normalized spacial score (nSPS) is 17.8. The topological polar surface area (TPSA) is 72.4 Å². The molecule has 1 atom stereocenters. The summed E-state index contributed by atoms with van der Waals surface area (Å²) in [6, 6.07) is 13.2. The Bertz CT molecular complexity index is 1140. The Labute approximate surface area is 181 Å². The number of hydrogen-bond acceptors (Lipinski definition) is 6. The zero-order valence-corrected chi connectivity index (χ0v) is 19.0. The van der Waals surface area contributed by atoms with Gasteiger partial charge in [0.15, 0.2) is 0 Å². The van der Waals surface area contributed by atoms with E-state index in [2.05, 4.69) is 10.2 Å². The second-order valence-corrected chi connectivity index (χ2v) is 10.6. The molecule has 4 rings (SSSR count). The Morgan fingerprint density at radius 1 is 1.10 bits per heavy atom. The number of nitrogens with zero attached hydrogens (tertiary/aromatic N) is 3. The van der Waals surface area contributed by atoms with Crippen LogP contribution in [0, 0.1) is 13.8 Å². The second-order valence-electron chi connectivity index (χ2n) is 7.65. The summed E-state index contributed by atoms with van der Waals surface area (Å²) in [5.41, 5.74) is 2.83. The summed E-state index contributed by atoms with van der Waals surface area (Å²) >= 11 is 1.54. The third-order valence-electron chi connectivity index (χ3n) is 5.46. The average molecular weight is 444 g/mol. The van der Waals surface area contributed by atoms with Crippen LogP contribution < -0.4 is 4.74 Å². The van der Waals surface area contributed by atoms with E-state index in [-0.39, 0.29) is 5.92 Å². The largest absolute Gasteiger partial charge is 0.497 e.